The normalized spacial score (nSPS) is 10.1. The minimum absolute atomic E-state index is 0.139. The number of hydrogen-bond donors (Lipinski definition) is 1. The lowest BCUT2D eigenvalue weighted by Gasteiger charge is -2.16. The zero-order valence-corrected chi connectivity index (χ0v) is 11.6. The fraction of sp³-hybridized carbons (Fsp3) is 0.500. The Balaban J connectivity index is 2.98. The molecule has 0 aliphatic carbocycles. The third-order valence-corrected chi connectivity index (χ3v) is 2.71. The Morgan fingerprint density at radius 3 is 2.47 bits per heavy atom. The van der Waals surface area contributed by atoms with Gasteiger partial charge in [-0.05, 0) is 31.4 Å². The summed E-state index contributed by atoms with van der Waals surface area (Å²) in [7, 11) is 3.12. The van der Waals surface area contributed by atoms with Gasteiger partial charge in [-0.15, -0.1) is 0 Å². The van der Waals surface area contributed by atoms with Crippen molar-refractivity contribution in [3.63, 3.8) is 0 Å². The third-order valence-electron chi connectivity index (χ3n) is 2.71. The summed E-state index contributed by atoms with van der Waals surface area (Å²) in [6.07, 6.45) is 1.33. The summed E-state index contributed by atoms with van der Waals surface area (Å²) < 4.78 is 16.2. The van der Waals surface area contributed by atoms with Crippen LogP contribution in [0.4, 0.5) is 0 Å². The molecule has 0 fully saturated rings. The van der Waals surface area contributed by atoms with Gasteiger partial charge in [-0.1, -0.05) is 6.07 Å². The lowest BCUT2D eigenvalue weighted by Crippen LogP contribution is -2.03. The Bertz CT molecular complexity index is 428. The van der Waals surface area contributed by atoms with E-state index in [0.29, 0.717) is 36.7 Å². The van der Waals surface area contributed by atoms with E-state index in [2.05, 4.69) is 0 Å². The first-order valence-electron chi connectivity index (χ1n) is 6.22. The van der Waals surface area contributed by atoms with Gasteiger partial charge in [0.15, 0.2) is 11.5 Å². The Labute approximate surface area is 113 Å². The number of ether oxygens (including phenoxy) is 3. The summed E-state index contributed by atoms with van der Waals surface area (Å²) in [5, 5.41) is 8.67. The second-order valence-electron chi connectivity index (χ2n) is 3.97. The summed E-state index contributed by atoms with van der Waals surface area (Å²) in [5.74, 6) is 0.998. The molecule has 0 radical (unpaired) electrons. The molecule has 0 aliphatic heterocycles. The summed E-state index contributed by atoms with van der Waals surface area (Å²) in [4.78, 5) is 10.5. The van der Waals surface area contributed by atoms with E-state index in [0.717, 1.165) is 5.56 Å². The molecule has 0 saturated heterocycles. The van der Waals surface area contributed by atoms with Crippen molar-refractivity contribution >= 4 is 5.97 Å². The first-order chi connectivity index (χ1) is 9.13. The van der Waals surface area contributed by atoms with E-state index in [1.165, 1.54) is 0 Å². The van der Waals surface area contributed by atoms with Gasteiger partial charge in [0.25, 0.3) is 0 Å². The highest BCUT2D eigenvalue weighted by Gasteiger charge is 2.16. The average molecular weight is 268 g/mol. The number of carbonyl (C=O) groups is 1. The predicted molar refractivity (Wildman–Crippen MR) is 71.3 cm³/mol. The number of aryl methyl sites for hydroxylation is 1. The van der Waals surface area contributed by atoms with Crippen LogP contribution in [0.1, 0.15) is 25.3 Å². The molecule has 0 spiro atoms. The van der Waals surface area contributed by atoms with Crippen molar-refractivity contribution in [2.75, 3.05) is 20.8 Å². The highest BCUT2D eigenvalue weighted by molar-refractivity contribution is 5.66. The van der Waals surface area contributed by atoms with Gasteiger partial charge in [0.05, 0.1) is 20.8 Å². The van der Waals surface area contributed by atoms with Crippen molar-refractivity contribution in [2.45, 2.75) is 26.2 Å². The van der Waals surface area contributed by atoms with Crippen LogP contribution in [0.15, 0.2) is 12.1 Å². The number of aliphatic carboxylic acids is 1. The molecule has 1 N–H and O–H groups in total. The minimum atomic E-state index is -0.793. The molecular formula is C14H20O5. The van der Waals surface area contributed by atoms with Gasteiger partial charge < -0.3 is 19.3 Å². The highest BCUT2D eigenvalue weighted by atomic mass is 16.5. The van der Waals surface area contributed by atoms with Crippen molar-refractivity contribution in [3.05, 3.63) is 17.7 Å². The van der Waals surface area contributed by atoms with Crippen molar-refractivity contribution in [2.24, 2.45) is 0 Å². The first kappa shape index (κ1) is 15.1. The zero-order chi connectivity index (χ0) is 14.3. The van der Waals surface area contributed by atoms with Crippen LogP contribution >= 0.6 is 0 Å². The van der Waals surface area contributed by atoms with E-state index in [4.69, 9.17) is 19.3 Å². The fourth-order valence-electron chi connectivity index (χ4n) is 1.87. The van der Waals surface area contributed by atoms with Crippen LogP contribution in [0.25, 0.3) is 0 Å². The van der Waals surface area contributed by atoms with Crippen LogP contribution in [0.5, 0.6) is 17.2 Å². The molecule has 0 aliphatic rings. The number of benzene rings is 1. The van der Waals surface area contributed by atoms with Crippen LogP contribution in [-0.2, 0) is 11.2 Å². The molecule has 0 heterocycles. The van der Waals surface area contributed by atoms with E-state index in [1.807, 2.05) is 13.0 Å². The Morgan fingerprint density at radius 1 is 1.21 bits per heavy atom. The Hall–Kier alpha value is -1.91. The van der Waals surface area contributed by atoms with Crippen LogP contribution < -0.4 is 14.2 Å². The quantitative estimate of drug-likeness (QED) is 0.784. The smallest absolute Gasteiger partial charge is 0.303 e. The second kappa shape index (κ2) is 7.51. The van der Waals surface area contributed by atoms with E-state index < -0.39 is 5.97 Å². The van der Waals surface area contributed by atoms with E-state index in [1.54, 1.807) is 20.3 Å². The van der Waals surface area contributed by atoms with Gasteiger partial charge in [-0.3, -0.25) is 4.79 Å². The number of carboxylic acid groups (broad SMARTS) is 1. The van der Waals surface area contributed by atoms with Crippen LogP contribution in [0, 0.1) is 0 Å². The molecule has 0 atom stereocenters. The molecule has 1 rings (SSSR count). The van der Waals surface area contributed by atoms with Crippen molar-refractivity contribution in [1.82, 2.24) is 0 Å². The average Bonchev–Trinajstić information content (AvgIpc) is 2.39. The lowest BCUT2D eigenvalue weighted by atomic mass is 10.1. The van der Waals surface area contributed by atoms with Gasteiger partial charge >= 0.3 is 5.97 Å². The molecule has 5 heteroatoms. The van der Waals surface area contributed by atoms with Crippen LogP contribution in [0.3, 0.4) is 0 Å². The standard InChI is InChI=1S/C14H20O5/c1-4-19-13-10(6-5-7-12(15)16)8-9-11(17-2)14(13)18-3/h8-9H,4-7H2,1-3H3,(H,15,16). The molecule has 1 aromatic rings. The summed E-state index contributed by atoms with van der Waals surface area (Å²) in [5.41, 5.74) is 0.931. The van der Waals surface area contributed by atoms with Gasteiger partial charge in [0, 0.05) is 6.42 Å². The third kappa shape index (κ3) is 4.05. The second-order valence-corrected chi connectivity index (χ2v) is 3.97. The number of rotatable bonds is 8. The SMILES string of the molecule is CCOc1c(CCCC(=O)O)ccc(OC)c1OC. The van der Waals surface area contributed by atoms with E-state index >= 15 is 0 Å². The molecule has 106 valence electrons. The van der Waals surface area contributed by atoms with E-state index in [-0.39, 0.29) is 6.42 Å². The fourth-order valence-corrected chi connectivity index (χ4v) is 1.87. The van der Waals surface area contributed by atoms with Crippen LogP contribution in [0.2, 0.25) is 0 Å². The maximum Gasteiger partial charge on any atom is 0.303 e. The largest absolute Gasteiger partial charge is 0.493 e. The summed E-state index contributed by atoms with van der Waals surface area (Å²) >= 11 is 0. The Kier molecular flexibility index (Phi) is 5.99. The molecule has 0 unspecified atom stereocenters. The highest BCUT2D eigenvalue weighted by Crippen LogP contribution is 2.40. The minimum Gasteiger partial charge on any atom is -0.493 e. The monoisotopic (exact) mass is 268 g/mol. The lowest BCUT2D eigenvalue weighted by molar-refractivity contribution is -0.137. The van der Waals surface area contributed by atoms with Crippen molar-refractivity contribution < 1.29 is 24.1 Å². The van der Waals surface area contributed by atoms with Gasteiger partial charge in [0.1, 0.15) is 0 Å². The topological polar surface area (TPSA) is 65.0 Å². The molecule has 0 saturated carbocycles. The number of carboxylic acids is 1. The molecule has 5 nitrogen and oxygen atoms in total. The number of hydrogen-bond acceptors (Lipinski definition) is 4. The Morgan fingerprint density at radius 2 is 1.95 bits per heavy atom. The van der Waals surface area contributed by atoms with Crippen LogP contribution in [-0.4, -0.2) is 31.9 Å². The molecular weight excluding hydrogens is 248 g/mol. The van der Waals surface area contributed by atoms with Crippen molar-refractivity contribution in [3.8, 4) is 17.2 Å². The molecule has 1 aromatic carbocycles. The molecule has 0 aromatic heterocycles. The van der Waals surface area contributed by atoms with Gasteiger partial charge in [0.2, 0.25) is 5.75 Å². The number of methoxy groups -OCH3 is 2. The van der Waals surface area contributed by atoms with Crippen molar-refractivity contribution in [1.29, 1.82) is 0 Å². The maximum absolute atomic E-state index is 10.5. The molecule has 19 heavy (non-hydrogen) atoms. The van der Waals surface area contributed by atoms with Gasteiger partial charge in [-0.2, -0.15) is 0 Å². The van der Waals surface area contributed by atoms with Gasteiger partial charge in [-0.25, -0.2) is 0 Å². The van der Waals surface area contributed by atoms with E-state index in [9.17, 15) is 4.79 Å². The summed E-state index contributed by atoms with van der Waals surface area (Å²) in [6, 6.07) is 3.69. The first-order valence-corrected chi connectivity index (χ1v) is 6.22. The molecule has 0 bridgehead atoms. The predicted octanol–water partition coefficient (Wildman–Crippen LogP) is 2.51. The summed E-state index contributed by atoms with van der Waals surface area (Å²) in [6.45, 7) is 2.40. The molecule has 0 amide bonds. The maximum atomic E-state index is 10.5. The zero-order valence-electron chi connectivity index (χ0n) is 11.6.